The third kappa shape index (κ3) is 3.63. The van der Waals surface area contributed by atoms with Crippen LogP contribution in [0.15, 0.2) is 28.7 Å². The van der Waals surface area contributed by atoms with E-state index in [0.717, 1.165) is 21.1 Å². The Hall–Kier alpha value is -1.38. The van der Waals surface area contributed by atoms with Gasteiger partial charge in [-0.2, -0.15) is 0 Å². The van der Waals surface area contributed by atoms with Crippen LogP contribution in [-0.2, 0) is 14.4 Å². The number of aliphatic carboxylic acids is 1. The molecule has 3 N–H and O–H groups in total. The van der Waals surface area contributed by atoms with E-state index < -0.39 is 17.3 Å². The smallest absolute Gasteiger partial charge is 0.321 e. The number of carboxylic acid groups (broad SMARTS) is 1. The van der Waals surface area contributed by atoms with E-state index in [-0.39, 0.29) is 24.0 Å². The first-order valence-electron chi connectivity index (χ1n) is 6.12. The summed E-state index contributed by atoms with van der Waals surface area (Å²) in [5.74, 6) is -1.65. The zero-order valence-corrected chi connectivity index (χ0v) is 13.3. The zero-order chi connectivity index (χ0) is 15.6. The van der Waals surface area contributed by atoms with Gasteiger partial charge in [-0.1, -0.05) is 15.9 Å². The van der Waals surface area contributed by atoms with Crippen molar-refractivity contribution in [3.05, 3.63) is 28.7 Å². The summed E-state index contributed by atoms with van der Waals surface area (Å²) in [7, 11) is 0. The Kier molecular flexibility index (Phi) is 5.02. The summed E-state index contributed by atoms with van der Waals surface area (Å²) < 4.78 is 0.851. The first kappa shape index (κ1) is 16.0. The minimum Gasteiger partial charge on any atom is -0.480 e. The second-order valence-corrected chi connectivity index (χ2v) is 6.67. The molecule has 6 nitrogen and oxygen atoms in total. The average Bonchev–Trinajstić information content (AvgIpc) is 2.72. The lowest BCUT2D eigenvalue weighted by Crippen LogP contribution is -2.35. The number of carboxylic acids is 1. The maximum absolute atomic E-state index is 12.3. The molecule has 1 aliphatic heterocycles. The van der Waals surface area contributed by atoms with Gasteiger partial charge in [0.05, 0.1) is 10.9 Å². The molecule has 21 heavy (non-hydrogen) atoms. The Morgan fingerprint density at radius 3 is 2.62 bits per heavy atom. The van der Waals surface area contributed by atoms with E-state index in [0.29, 0.717) is 5.69 Å². The summed E-state index contributed by atoms with van der Waals surface area (Å²) in [6, 6.07) is 5.80. The van der Waals surface area contributed by atoms with Gasteiger partial charge in [0.15, 0.2) is 0 Å². The highest BCUT2D eigenvalue weighted by atomic mass is 79.9. The van der Waals surface area contributed by atoms with Gasteiger partial charge in [0.2, 0.25) is 11.8 Å². The molecule has 1 aromatic rings. The van der Waals surface area contributed by atoms with Crippen LogP contribution in [0.2, 0.25) is 0 Å². The summed E-state index contributed by atoms with van der Waals surface area (Å²) in [6.07, 6.45) is 0.0614. The minimum atomic E-state index is -1.12. The van der Waals surface area contributed by atoms with Gasteiger partial charge >= 0.3 is 5.97 Å². The van der Waals surface area contributed by atoms with E-state index in [1.54, 1.807) is 24.3 Å². The fourth-order valence-electron chi connectivity index (χ4n) is 1.89. The number of carbonyl (C=O) groups is 3. The minimum absolute atomic E-state index is 0.0614. The molecular weight excluding hydrogens is 360 g/mol. The van der Waals surface area contributed by atoms with Crippen molar-refractivity contribution in [2.24, 2.45) is 5.73 Å². The van der Waals surface area contributed by atoms with E-state index in [1.807, 2.05) is 0 Å². The second-order valence-electron chi connectivity index (χ2n) is 4.51. The number of thioether (sulfide) groups is 1. The van der Waals surface area contributed by atoms with Gasteiger partial charge in [0.25, 0.3) is 0 Å². The molecule has 8 heteroatoms. The Bertz CT molecular complexity index is 578. The van der Waals surface area contributed by atoms with Crippen LogP contribution in [0.3, 0.4) is 0 Å². The van der Waals surface area contributed by atoms with Crippen LogP contribution in [0.4, 0.5) is 5.69 Å². The molecule has 1 heterocycles. The molecule has 1 aliphatic rings. The molecule has 0 saturated carbocycles. The fraction of sp³-hybridized carbons (Fsp3) is 0.308. The summed E-state index contributed by atoms with van der Waals surface area (Å²) in [6.45, 7) is 0. The number of carbonyl (C=O) groups excluding carboxylic acids is 2. The monoisotopic (exact) mass is 372 g/mol. The van der Waals surface area contributed by atoms with Crippen LogP contribution < -0.4 is 10.6 Å². The molecule has 2 rings (SSSR count). The number of benzene rings is 1. The molecule has 1 saturated heterocycles. The number of halogens is 1. The lowest BCUT2D eigenvalue weighted by Gasteiger charge is -2.15. The molecule has 0 aromatic heterocycles. The molecule has 2 atom stereocenters. The number of anilines is 1. The predicted molar refractivity (Wildman–Crippen MR) is 83.1 cm³/mol. The zero-order valence-electron chi connectivity index (χ0n) is 10.9. The number of nitrogens with zero attached hydrogens (tertiary/aromatic N) is 1. The molecule has 0 bridgehead atoms. The van der Waals surface area contributed by atoms with E-state index in [2.05, 4.69) is 15.9 Å². The number of rotatable bonds is 5. The van der Waals surface area contributed by atoms with Crippen molar-refractivity contribution in [2.45, 2.75) is 17.7 Å². The highest BCUT2D eigenvalue weighted by Gasteiger charge is 2.40. The van der Waals surface area contributed by atoms with Crippen molar-refractivity contribution >= 4 is 51.2 Å². The van der Waals surface area contributed by atoms with Gasteiger partial charge in [-0.15, -0.1) is 11.8 Å². The molecule has 0 aliphatic carbocycles. The van der Waals surface area contributed by atoms with Crippen LogP contribution in [0, 0.1) is 0 Å². The van der Waals surface area contributed by atoms with Crippen molar-refractivity contribution in [1.29, 1.82) is 0 Å². The first-order valence-corrected chi connectivity index (χ1v) is 7.96. The van der Waals surface area contributed by atoms with Gasteiger partial charge < -0.3 is 10.8 Å². The molecule has 0 radical (unpaired) electrons. The van der Waals surface area contributed by atoms with E-state index in [1.165, 1.54) is 0 Å². The third-order valence-corrected chi connectivity index (χ3v) is 4.84. The number of amides is 2. The van der Waals surface area contributed by atoms with Crippen molar-refractivity contribution in [3.8, 4) is 0 Å². The standard InChI is InChI=1S/C13H13BrN2O4S/c14-7-1-3-8(4-2-7)16-11(17)5-10(12(16)18)21-6-9(15)13(19)20/h1-4,9-10H,5-6,15H2,(H,19,20). The molecular formula is C13H13BrN2O4S. The highest BCUT2D eigenvalue weighted by Crippen LogP contribution is 2.30. The number of hydrogen-bond acceptors (Lipinski definition) is 5. The Morgan fingerprint density at radius 1 is 1.43 bits per heavy atom. The summed E-state index contributed by atoms with van der Waals surface area (Å²) in [5.41, 5.74) is 5.91. The van der Waals surface area contributed by atoms with E-state index in [4.69, 9.17) is 10.8 Å². The van der Waals surface area contributed by atoms with Crippen molar-refractivity contribution in [3.63, 3.8) is 0 Å². The topological polar surface area (TPSA) is 101 Å². The van der Waals surface area contributed by atoms with Crippen LogP contribution in [0.5, 0.6) is 0 Å². The fourth-order valence-corrected chi connectivity index (χ4v) is 3.24. The second kappa shape index (κ2) is 6.59. The maximum atomic E-state index is 12.3. The quantitative estimate of drug-likeness (QED) is 0.753. The molecule has 1 fully saturated rings. The van der Waals surface area contributed by atoms with Crippen LogP contribution in [0.25, 0.3) is 0 Å². The van der Waals surface area contributed by atoms with Crippen LogP contribution in [-0.4, -0.2) is 39.9 Å². The summed E-state index contributed by atoms with van der Waals surface area (Å²) in [5, 5.41) is 8.15. The third-order valence-electron chi connectivity index (χ3n) is 2.98. The Balaban J connectivity index is 2.06. The van der Waals surface area contributed by atoms with Gasteiger partial charge in [0.1, 0.15) is 6.04 Å². The number of imide groups is 1. The summed E-state index contributed by atoms with van der Waals surface area (Å²) >= 11 is 4.40. The van der Waals surface area contributed by atoms with Crippen molar-refractivity contribution in [1.82, 2.24) is 0 Å². The summed E-state index contributed by atoms with van der Waals surface area (Å²) in [4.78, 5) is 36.1. The maximum Gasteiger partial charge on any atom is 0.321 e. The van der Waals surface area contributed by atoms with Gasteiger partial charge in [-0.25, -0.2) is 4.90 Å². The van der Waals surface area contributed by atoms with Gasteiger partial charge in [-0.3, -0.25) is 14.4 Å². The highest BCUT2D eigenvalue weighted by molar-refractivity contribution is 9.10. The molecule has 112 valence electrons. The number of nitrogens with two attached hydrogens (primary N) is 1. The van der Waals surface area contributed by atoms with E-state index in [9.17, 15) is 14.4 Å². The molecule has 2 unspecified atom stereocenters. The number of hydrogen-bond donors (Lipinski definition) is 2. The lowest BCUT2D eigenvalue weighted by atomic mass is 10.3. The Labute approximate surface area is 133 Å². The van der Waals surface area contributed by atoms with Gasteiger partial charge in [-0.05, 0) is 24.3 Å². The first-order chi connectivity index (χ1) is 9.90. The van der Waals surface area contributed by atoms with Crippen molar-refractivity contribution in [2.75, 3.05) is 10.7 Å². The molecule has 2 amide bonds. The van der Waals surface area contributed by atoms with Crippen LogP contribution >= 0.6 is 27.7 Å². The molecule has 1 aromatic carbocycles. The Morgan fingerprint density at radius 2 is 2.05 bits per heavy atom. The van der Waals surface area contributed by atoms with Crippen molar-refractivity contribution < 1.29 is 19.5 Å². The van der Waals surface area contributed by atoms with Gasteiger partial charge in [0, 0.05) is 16.6 Å². The van der Waals surface area contributed by atoms with E-state index >= 15 is 0 Å². The largest absolute Gasteiger partial charge is 0.480 e. The van der Waals surface area contributed by atoms with Crippen LogP contribution in [0.1, 0.15) is 6.42 Å². The SMILES string of the molecule is NC(CSC1CC(=O)N(c2ccc(Br)cc2)C1=O)C(=O)O. The predicted octanol–water partition coefficient (Wildman–Crippen LogP) is 1.23. The lowest BCUT2D eigenvalue weighted by molar-refractivity contribution is -0.138. The molecule has 0 spiro atoms. The normalized spacial score (nSPS) is 19.9. The average molecular weight is 373 g/mol.